The highest BCUT2D eigenvalue weighted by atomic mass is 35.5. The van der Waals surface area contributed by atoms with Crippen molar-refractivity contribution in [1.29, 1.82) is 0 Å². The summed E-state index contributed by atoms with van der Waals surface area (Å²) in [6.07, 6.45) is 0. The number of benzene rings is 1. The van der Waals surface area contributed by atoms with Gasteiger partial charge in [-0.05, 0) is 18.6 Å². The molecule has 0 bridgehead atoms. The van der Waals surface area contributed by atoms with E-state index < -0.39 is 11.2 Å². The minimum absolute atomic E-state index is 0.0854. The standard InChI is InChI=1S/C19H21ClN6O3/c1-12-10-24-15-16(21-18(24)26(22-12)8-9-29-3)23(2)19(28)25(17(15)27)11-13-6-4-5-7-14(13)20/h4-7H,8-11H2,1-3H3. The van der Waals surface area contributed by atoms with E-state index >= 15 is 0 Å². The molecule has 0 saturated heterocycles. The molecule has 3 heterocycles. The highest BCUT2D eigenvalue weighted by Gasteiger charge is 2.26. The van der Waals surface area contributed by atoms with E-state index in [1.807, 2.05) is 13.0 Å². The molecule has 4 rings (SSSR count). The summed E-state index contributed by atoms with van der Waals surface area (Å²) in [5.74, 6) is 0.519. The molecule has 29 heavy (non-hydrogen) atoms. The topological polar surface area (TPSA) is 86.7 Å². The van der Waals surface area contributed by atoms with Crippen LogP contribution in [0, 0.1) is 0 Å². The summed E-state index contributed by atoms with van der Waals surface area (Å²) >= 11 is 6.24. The zero-order valence-electron chi connectivity index (χ0n) is 16.4. The summed E-state index contributed by atoms with van der Waals surface area (Å²) < 4.78 is 9.54. The number of nitrogens with zero attached hydrogens (tertiary/aromatic N) is 6. The van der Waals surface area contributed by atoms with Crippen molar-refractivity contribution < 1.29 is 4.74 Å². The Kier molecular flexibility index (Phi) is 5.01. The summed E-state index contributed by atoms with van der Waals surface area (Å²) in [5.41, 5.74) is 1.38. The number of anilines is 1. The lowest BCUT2D eigenvalue weighted by Gasteiger charge is -2.24. The zero-order valence-corrected chi connectivity index (χ0v) is 17.2. The minimum atomic E-state index is -0.445. The Morgan fingerprint density at radius 2 is 2.00 bits per heavy atom. The van der Waals surface area contributed by atoms with Gasteiger partial charge in [-0.25, -0.2) is 9.80 Å². The molecular weight excluding hydrogens is 396 g/mol. The molecule has 0 unspecified atom stereocenters. The number of aromatic nitrogens is 4. The fourth-order valence-electron chi connectivity index (χ4n) is 3.48. The van der Waals surface area contributed by atoms with Gasteiger partial charge in [-0.1, -0.05) is 29.8 Å². The van der Waals surface area contributed by atoms with Crippen molar-refractivity contribution >= 4 is 34.4 Å². The van der Waals surface area contributed by atoms with E-state index in [4.69, 9.17) is 16.3 Å². The first-order chi connectivity index (χ1) is 13.9. The van der Waals surface area contributed by atoms with Crippen molar-refractivity contribution in [1.82, 2.24) is 18.7 Å². The molecule has 0 atom stereocenters. The van der Waals surface area contributed by atoms with Gasteiger partial charge in [0.05, 0.1) is 32.0 Å². The molecule has 0 fully saturated rings. The number of hydrazone groups is 1. The quantitative estimate of drug-likeness (QED) is 0.628. The second-order valence-electron chi connectivity index (χ2n) is 6.95. The number of imidazole rings is 1. The van der Waals surface area contributed by atoms with E-state index in [9.17, 15) is 9.59 Å². The van der Waals surface area contributed by atoms with Crippen molar-refractivity contribution in [3.63, 3.8) is 0 Å². The Bertz CT molecular complexity index is 1240. The molecule has 10 heteroatoms. The predicted octanol–water partition coefficient (Wildman–Crippen LogP) is 1.44. The monoisotopic (exact) mass is 416 g/mol. The normalized spacial score (nSPS) is 13.7. The molecule has 1 aliphatic heterocycles. The van der Waals surface area contributed by atoms with Crippen molar-refractivity contribution in [2.75, 3.05) is 25.3 Å². The second kappa shape index (κ2) is 7.49. The smallest absolute Gasteiger partial charge is 0.332 e. The van der Waals surface area contributed by atoms with Crippen molar-refractivity contribution in [3.8, 4) is 0 Å². The highest BCUT2D eigenvalue weighted by Crippen LogP contribution is 2.23. The van der Waals surface area contributed by atoms with Crippen LogP contribution >= 0.6 is 11.6 Å². The first kappa shape index (κ1) is 19.4. The molecule has 0 spiro atoms. The van der Waals surface area contributed by atoms with Crippen LogP contribution in [0.3, 0.4) is 0 Å². The second-order valence-corrected chi connectivity index (χ2v) is 7.35. The summed E-state index contributed by atoms with van der Waals surface area (Å²) in [7, 11) is 3.22. The lowest BCUT2D eigenvalue weighted by molar-refractivity contribution is 0.205. The van der Waals surface area contributed by atoms with Crippen LogP contribution in [0.25, 0.3) is 11.2 Å². The minimum Gasteiger partial charge on any atom is -0.383 e. The third-order valence-electron chi connectivity index (χ3n) is 4.92. The lowest BCUT2D eigenvalue weighted by Crippen LogP contribution is -2.40. The molecule has 0 saturated carbocycles. The predicted molar refractivity (Wildman–Crippen MR) is 112 cm³/mol. The van der Waals surface area contributed by atoms with E-state index in [0.29, 0.717) is 47.4 Å². The Labute approximate surface area is 171 Å². The van der Waals surface area contributed by atoms with Crippen LogP contribution in [0.15, 0.2) is 39.0 Å². The molecule has 0 amide bonds. The summed E-state index contributed by atoms with van der Waals surface area (Å²) in [6, 6.07) is 7.16. The van der Waals surface area contributed by atoms with Crippen LogP contribution in [0.2, 0.25) is 5.02 Å². The van der Waals surface area contributed by atoms with E-state index in [1.54, 1.807) is 41.9 Å². The maximum atomic E-state index is 13.3. The van der Waals surface area contributed by atoms with Gasteiger partial charge in [-0.15, -0.1) is 0 Å². The van der Waals surface area contributed by atoms with E-state index in [0.717, 1.165) is 5.71 Å². The van der Waals surface area contributed by atoms with E-state index in [1.165, 1.54) is 9.13 Å². The van der Waals surface area contributed by atoms with Gasteiger partial charge < -0.3 is 4.74 Å². The first-order valence-corrected chi connectivity index (χ1v) is 9.54. The molecular formula is C19H21ClN6O3. The van der Waals surface area contributed by atoms with Gasteiger partial charge in [-0.3, -0.25) is 18.5 Å². The Morgan fingerprint density at radius 3 is 2.72 bits per heavy atom. The third-order valence-corrected chi connectivity index (χ3v) is 5.28. The lowest BCUT2D eigenvalue weighted by atomic mass is 10.2. The van der Waals surface area contributed by atoms with Gasteiger partial charge in [0.1, 0.15) is 0 Å². The number of ether oxygens (including phenoxy) is 1. The maximum absolute atomic E-state index is 13.3. The molecule has 0 N–H and O–H groups in total. The Hall–Kier alpha value is -2.91. The molecule has 0 radical (unpaired) electrons. The number of rotatable bonds is 5. The van der Waals surface area contributed by atoms with Crippen molar-refractivity contribution in [3.05, 3.63) is 55.7 Å². The molecule has 152 valence electrons. The fourth-order valence-corrected chi connectivity index (χ4v) is 3.68. The van der Waals surface area contributed by atoms with Gasteiger partial charge in [0.25, 0.3) is 5.56 Å². The van der Waals surface area contributed by atoms with Crippen LogP contribution in [0.4, 0.5) is 5.95 Å². The van der Waals surface area contributed by atoms with Crippen molar-refractivity contribution in [2.24, 2.45) is 12.1 Å². The largest absolute Gasteiger partial charge is 0.383 e. The summed E-state index contributed by atoms with van der Waals surface area (Å²) in [6.45, 7) is 3.34. The summed E-state index contributed by atoms with van der Waals surface area (Å²) in [5, 5.41) is 6.72. The maximum Gasteiger partial charge on any atom is 0.332 e. The van der Waals surface area contributed by atoms with Crippen LogP contribution < -0.4 is 16.3 Å². The SMILES string of the molecule is COCCN1N=C(C)Cn2c1nc1c2c(=O)n(Cc2ccccc2Cl)c(=O)n1C. The molecule has 9 nitrogen and oxygen atoms in total. The Morgan fingerprint density at radius 1 is 1.24 bits per heavy atom. The van der Waals surface area contributed by atoms with Crippen LogP contribution in [0.1, 0.15) is 12.5 Å². The number of methoxy groups -OCH3 is 1. The third kappa shape index (κ3) is 3.26. The van der Waals surface area contributed by atoms with Gasteiger partial charge in [0.15, 0.2) is 11.2 Å². The Balaban J connectivity index is 1.92. The highest BCUT2D eigenvalue weighted by molar-refractivity contribution is 6.31. The van der Waals surface area contributed by atoms with E-state index in [2.05, 4.69) is 10.1 Å². The average molecular weight is 417 g/mol. The van der Waals surface area contributed by atoms with Crippen LogP contribution in [-0.4, -0.2) is 44.7 Å². The molecule has 3 aromatic rings. The number of hydrogen-bond donors (Lipinski definition) is 0. The average Bonchev–Trinajstić information content (AvgIpc) is 3.08. The first-order valence-electron chi connectivity index (χ1n) is 9.16. The molecule has 1 aromatic carbocycles. The number of aryl methyl sites for hydroxylation is 1. The molecule has 0 aliphatic carbocycles. The van der Waals surface area contributed by atoms with Crippen molar-refractivity contribution in [2.45, 2.75) is 20.0 Å². The van der Waals surface area contributed by atoms with Gasteiger partial charge in [0, 0.05) is 19.2 Å². The number of fused-ring (bicyclic) bond motifs is 3. The van der Waals surface area contributed by atoms with Crippen LogP contribution in [0.5, 0.6) is 0 Å². The number of hydrogen-bond acceptors (Lipinski definition) is 6. The molecule has 1 aliphatic rings. The van der Waals surface area contributed by atoms with Gasteiger partial charge in [0.2, 0.25) is 5.95 Å². The fraction of sp³-hybridized carbons (Fsp3) is 0.368. The number of halogens is 1. The van der Waals surface area contributed by atoms with Gasteiger partial charge >= 0.3 is 5.69 Å². The van der Waals surface area contributed by atoms with Gasteiger partial charge in [-0.2, -0.15) is 10.1 Å². The zero-order chi connectivity index (χ0) is 20.7. The van der Waals surface area contributed by atoms with E-state index in [-0.39, 0.29) is 6.54 Å². The summed E-state index contributed by atoms with van der Waals surface area (Å²) in [4.78, 5) is 30.8. The van der Waals surface area contributed by atoms with Crippen LogP contribution in [-0.2, 0) is 24.9 Å². The molecule has 2 aromatic heterocycles.